The summed E-state index contributed by atoms with van der Waals surface area (Å²) in [6.07, 6.45) is -3.77. The lowest BCUT2D eigenvalue weighted by molar-refractivity contribution is -0.337. The summed E-state index contributed by atoms with van der Waals surface area (Å²) < 4.78 is 30.0. The number of ether oxygens (including phenoxy) is 5. The molecule has 176 valence electrons. The van der Waals surface area contributed by atoms with Crippen LogP contribution in [0.25, 0.3) is 0 Å². The summed E-state index contributed by atoms with van der Waals surface area (Å²) in [4.78, 5) is 23.3. The van der Waals surface area contributed by atoms with Crippen molar-refractivity contribution >= 4 is 11.9 Å². The summed E-state index contributed by atoms with van der Waals surface area (Å²) in [6.45, 7) is 2.93. The summed E-state index contributed by atoms with van der Waals surface area (Å²) in [5.74, 6) is -0.936. The number of aliphatic carboxylic acids is 1. The maximum Gasteiger partial charge on any atom is 0.329 e. The Morgan fingerprint density at radius 1 is 1.09 bits per heavy atom. The highest BCUT2D eigenvalue weighted by Crippen LogP contribution is 2.36. The number of rotatable bonds is 7. The van der Waals surface area contributed by atoms with E-state index in [1.807, 2.05) is 49.4 Å². The first-order valence-corrected chi connectivity index (χ1v) is 10.7. The number of fused-ring (bicyclic) bond motifs is 1. The Morgan fingerprint density at radius 2 is 1.82 bits per heavy atom. The first-order chi connectivity index (χ1) is 15.9. The van der Waals surface area contributed by atoms with Gasteiger partial charge in [0.05, 0.1) is 6.61 Å². The molecule has 0 aromatic heterocycles. The monoisotopic (exact) mass is 457 g/mol. The van der Waals surface area contributed by atoms with Crippen molar-refractivity contribution in [2.45, 2.75) is 50.8 Å². The third-order valence-electron chi connectivity index (χ3n) is 5.45. The van der Waals surface area contributed by atoms with E-state index in [-0.39, 0.29) is 12.5 Å². The van der Waals surface area contributed by atoms with Gasteiger partial charge in [-0.2, -0.15) is 0 Å². The molecule has 1 amide bonds. The van der Waals surface area contributed by atoms with Gasteiger partial charge in [0.2, 0.25) is 12.2 Å². The summed E-state index contributed by atoms with van der Waals surface area (Å²) in [6, 6.07) is 15.9. The van der Waals surface area contributed by atoms with Crippen LogP contribution in [0.1, 0.15) is 24.3 Å². The summed E-state index contributed by atoms with van der Waals surface area (Å²) in [5.41, 5.74) is 1.87. The smallest absolute Gasteiger partial charge is 0.329 e. The number of hydrogen-bond acceptors (Lipinski definition) is 7. The lowest BCUT2D eigenvalue weighted by Gasteiger charge is -2.49. The molecule has 9 nitrogen and oxygen atoms in total. The standard InChI is InChI=1S/C24H27NO8/c1-14-8-10-17(11-9-14)31-24-20(25-15(2)26)22(29-13-19(27)28)21-18(32-24)12-30-23(33-21)16-6-4-3-5-7-16/h3-11,18,20-24H,12-13H2,1-2H3,(H,25,26)(H,27,28). The molecule has 2 aromatic carbocycles. The van der Waals surface area contributed by atoms with E-state index in [2.05, 4.69) is 5.32 Å². The van der Waals surface area contributed by atoms with Crippen molar-refractivity contribution in [3.05, 3.63) is 65.7 Å². The van der Waals surface area contributed by atoms with Crippen LogP contribution in [0.15, 0.2) is 54.6 Å². The number of carboxylic acid groups (broad SMARTS) is 1. The van der Waals surface area contributed by atoms with Crippen LogP contribution in [0.2, 0.25) is 0 Å². The maximum absolute atomic E-state index is 12.0. The van der Waals surface area contributed by atoms with E-state index >= 15 is 0 Å². The van der Waals surface area contributed by atoms with E-state index in [4.69, 9.17) is 23.7 Å². The molecule has 6 atom stereocenters. The Labute approximate surface area is 191 Å². The molecule has 9 heteroatoms. The molecule has 0 aliphatic carbocycles. The molecule has 33 heavy (non-hydrogen) atoms. The zero-order valence-corrected chi connectivity index (χ0v) is 18.4. The summed E-state index contributed by atoms with van der Waals surface area (Å²) in [5, 5.41) is 12.0. The zero-order valence-electron chi connectivity index (χ0n) is 18.4. The normalized spacial score (nSPS) is 29.0. The molecular formula is C24H27NO8. The summed E-state index contributed by atoms with van der Waals surface area (Å²) in [7, 11) is 0. The van der Waals surface area contributed by atoms with Crippen LogP contribution in [0, 0.1) is 6.92 Å². The van der Waals surface area contributed by atoms with Crippen LogP contribution in [-0.4, -0.2) is 60.8 Å². The van der Waals surface area contributed by atoms with Crippen molar-refractivity contribution in [1.82, 2.24) is 5.32 Å². The minimum absolute atomic E-state index is 0.178. The molecule has 0 spiro atoms. The van der Waals surface area contributed by atoms with Gasteiger partial charge in [0, 0.05) is 12.5 Å². The lowest BCUT2D eigenvalue weighted by Crippen LogP contribution is -2.68. The van der Waals surface area contributed by atoms with Gasteiger partial charge >= 0.3 is 5.97 Å². The first kappa shape index (κ1) is 23.2. The number of carbonyl (C=O) groups is 2. The van der Waals surface area contributed by atoms with Crippen LogP contribution < -0.4 is 10.1 Å². The fraction of sp³-hybridized carbons (Fsp3) is 0.417. The van der Waals surface area contributed by atoms with Gasteiger partial charge in [-0.05, 0) is 19.1 Å². The molecule has 0 radical (unpaired) electrons. The molecule has 0 bridgehead atoms. The van der Waals surface area contributed by atoms with Crippen LogP contribution in [0.4, 0.5) is 0 Å². The van der Waals surface area contributed by atoms with Gasteiger partial charge in [-0.25, -0.2) is 4.79 Å². The molecule has 2 aromatic rings. The van der Waals surface area contributed by atoms with E-state index in [0.717, 1.165) is 11.1 Å². The van der Waals surface area contributed by atoms with Crippen molar-refractivity contribution in [1.29, 1.82) is 0 Å². The molecule has 4 rings (SSSR count). The molecular weight excluding hydrogens is 430 g/mol. The Balaban J connectivity index is 1.61. The van der Waals surface area contributed by atoms with E-state index in [0.29, 0.717) is 5.75 Å². The molecule has 0 saturated carbocycles. The number of nitrogens with one attached hydrogen (secondary N) is 1. The number of aryl methyl sites for hydroxylation is 1. The van der Waals surface area contributed by atoms with E-state index in [9.17, 15) is 14.7 Å². The lowest BCUT2D eigenvalue weighted by atomic mass is 9.95. The largest absolute Gasteiger partial charge is 0.480 e. The second-order valence-corrected chi connectivity index (χ2v) is 8.05. The number of amides is 1. The van der Waals surface area contributed by atoms with E-state index in [1.165, 1.54) is 6.92 Å². The van der Waals surface area contributed by atoms with E-state index < -0.39 is 49.5 Å². The van der Waals surface area contributed by atoms with Gasteiger partial charge in [0.1, 0.15) is 36.7 Å². The van der Waals surface area contributed by atoms with E-state index in [1.54, 1.807) is 12.1 Å². The van der Waals surface area contributed by atoms with Crippen LogP contribution in [0.3, 0.4) is 0 Å². The van der Waals surface area contributed by atoms with Gasteiger partial charge in [-0.15, -0.1) is 0 Å². The van der Waals surface area contributed by atoms with Crippen LogP contribution in [0.5, 0.6) is 5.75 Å². The predicted molar refractivity (Wildman–Crippen MR) is 115 cm³/mol. The van der Waals surface area contributed by atoms with Gasteiger partial charge in [-0.3, -0.25) is 4.79 Å². The SMILES string of the molecule is CC(=O)NC1C(Oc2ccc(C)cc2)OC2COC(c3ccccc3)OC2C1OCC(=O)O. The molecule has 2 saturated heterocycles. The van der Waals surface area contributed by atoms with Gasteiger partial charge in [0.25, 0.3) is 0 Å². The molecule has 2 N–H and O–H groups in total. The average molecular weight is 457 g/mol. The molecule has 2 fully saturated rings. The van der Waals surface area contributed by atoms with Crippen molar-refractivity contribution < 1.29 is 38.4 Å². The van der Waals surface area contributed by atoms with Crippen molar-refractivity contribution in [3.8, 4) is 5.75 Å². The maximum atomic E-state index is 12.0. The number of carbonyl (C=O) groups excluding carboxylic acids is 1. The van der Waals surface area contributed by atoms with Crippen molar-refractivity contribution in [2.75, 3.05) is 13.2 Å². The number of carboxylic acids is 1. The van der Waals surface area contributed by atoms with Gasteiger partial charge < -0.3 is 34.1 Å². The second kappa shape index (κ2) is 10.3. The minimum atomic E-state index is -1.14. The first-order valence-electron chi connectivity index (χ1n) is 10.7. The zero-order chi connectivity index (χ0) is 23.4. The Morgan fingerprint density at radius 3 is 2.48 bits per heavy atom. The van der Waals surface area contributed by atoms with Gasteiger partial charge in [0.15, 0.2) is 6.29 Å². The van der Waals surface area contributed by atoms with Crippen LogP contribution >= 0.6 is 0 Å². The highest BCUT2D eigenvalue weighted by molar-refractivity contribution is 5.73. The highest BCUT2D eigenvalue weighted by atomic mass is 16.8. The fourth-order valence-electron chi connectivity index (χ4n) is 3.96. The van der Waals surface area contributed by atoms with Crippen molar-refractivity contribution in [2.24, 2.45) is 0 Å². The predicted octanol–water partition coefficient (Wildman–Crippen LogP) is 2.19. The Kier molecular flexibility index (Phi) is 7.24. The minimum Gasteiger partial charge on any atom is -0.480 e. The fourth-order valence-corrected chi connectivity index (χ4v) is 3.96. The number of hydrogen-bond donors (Lipinski definition) is 2. The Bertz CT molecular complexity index is 951. The second-order valence-electron chi connectivity index (χ2n) is 8.05. The third kappa shape index (κ3) is 5.69. The highest BCUT2D eigenvalue weighted by Gasteiger charge is 2.52. The van der Waals surface area contributed by atoms with Crippen molar-refractivity contribution in [3.63, 3.8) is 0 Å². The Hall–Kier alpha value is -2.98. The molecule has 2 aliphatic heterocycles. The molecule has 6 unspecified atom stereocenters. The topological polar surface area (TPSA) is 113 Å². The molecule has 2 aliphatic rings. The van der Waals surface area contributed by atoms with Crippen LogP contribution in [-0.2, 0) is 28.5 Å². The summed E-state index contributed by atoms with van der Waals surface area (Å²) >= 11 is 0. The van der Waals surface area contributed by atoms with Gasteiger partial charge in [-0.1, -0.05) is 48.0 Å². The molecule has 2 heterocycles. The quantitative estimate of drug-likeness (QED) is 0.651. The third-order valence-corrected chi connectivity index (χ3v) is 5.45. The number of benzene rings is 2. The average Bonchev–Trinajstić information content (AvgIpc) is 2.80.